The normalized spacial score (nSPS) is 9.95. The van der Waals surface area contributed by atoms with Gasteiger partial charge in [-0.15, -0.1) is 0 Å². The van der Waals surface area contributed by atoms with Gasteiger partial charge in [-0.1, -0.05) is 0 Å². The summed E-state index contributed by atoms with van der Waals surface area (Å²) in [5.74, 6) is 0.272. The van der Waals surface area contributed by atoms with Gasteiger partial charge in [0.1, 0.15) is 11.9 Å². The lowest BCUT2D eigenvalue weighted by atomic mass is 10.2. The summed E-state index contributed by atoms with van der Waals surface area (Å²) < 4.78 is 12.9. The van der Waals surface area contributed by atoms with Gasteiger partial charge in [-0.3, -0.25) is 0 Å². The minimum absolute atomic E-state index is 0.291. The molecule has 0 aliphatic heterocycles. The molecule has 0 fully saturated rings. The highest BCUT2D eigenvalue weighted by atomic mass is 19.1. The fourth-order valence-electron chi connectivity index (χ4n) is 1.84. The Hall–Kier alpha value is -2.61. The zero-order chi connectivity index (χ0) is 13.8. The second kappa shape index (κ2) is 5.36. The smallest absolute Gasteiger partial charge is 0.156 e. The summed E-state index contributed by atoms with van der Waals surface area (Å²) in [6.45, 7) is 2.58. The van der Waals surface area contributed by atoms with E-state index in [0.29, 0.717) is 23.6 Å². The molecule has 1 heterocycles. The van der Waals surface area contributed by atoms with Crippen LogP contribution < -0.4 is 10.6 Å². The van der Waals surface area contributed by atoms with E-state index in [1.165, 1.54) is 18.3 Å². The standard InChI is InChI=1S/C14H13FN4/c1-2-19(12-5-3-11(15)4-6-12)14-13(17)7-10(8-16)9-18-14/h3-7,9H,2,17H2,1H3. The van der Waals surface area contributed by atoms with Crippen molar-refractivity contribution in [3.05, 3.63) is 47.9 Å². The van der Waals surface area contributed by atoms with Crippen LogP contribution in [0.1, 0.15) is 12.5 Å². The van der Waals surface area contributed by atoms with Crippen molar-refractivity contribution < 1.29 is 4.39 Å². The number of nitrogen functional groups attached to an aromatic ring is 1. The molecule has 0 atom stereocenters. The van der Waals surface area contributed by atoms with Gasteiger partial charge < -0.3 is 10.6 Å². The van der Waals surface area contributed by atoms with Crippen LogP contribution in [-0.2, 0) is 0 Å². The van der Waals surface area contributed by atoms with Crippen molar-refractivity contribution >= 4 is 17.2 Å². The van der Waals surface area contributed by atoms with Crippen molar-refractivity contribution in [3.63, 3.8) is 0 Å². The maximum absolute atomic E-state index is 12.9. The zero-order valence-corrected chi connectivity index (χ0v) is 10.5. The molecule has 0 amide bonds. The molecule has 2 rings (SSSR count). The first-order valence-electron chi connectivity index (χ1n) is 5.84. The third-order valence-corrected chi connectivity index (χ3v) is 2.73. The molecule has 0 aliphatic carbocycles. The number of nitrogens with two attached hydrogens (primary N) is 1. The Morgan fingerprint density at radius 3 is 2.58 bits per heavy atom. The first-order chi connectivity index (χ1) is 9.15. The van der Waals surface area contributed by atoms with Crippen molar-refractivity contribution in [2.24, 2.45) is 0 Å². The molecule has 0 saturated carbocycles. The fraction of sp³-hybridized carbons (Fsp3) is 0.143. The Kier molecular flexibility index (Phi) is 3.62. The van der Waals surface area contributed by atoms with E-state index in [0.717, 1.165) is 5.69 Å². The predicted molar refractivity (Wildman–Crippen MR) is 72.4 cm³/mol. The topological polar surface area (TPSA) is 65.9 Å². The quantitative estimate of drug-likeness (QED) is 0.917. The van der Waals surface area contributed by atoms with Crippen molar-refractivity contribution in [2.45, 2.75) is 6.92 Å². The first kappa shape index (κ1) is 12.8. The third kappa shape index (κ3) is 2.63. The van der Waals surface area contributed by atoms with E-state index in [2.05, 4.69) is 4.98 Å². The second-order valence-electron chi connectivity index (χ2n) is 3.97. The molecule has 2 aromatic rings. The van der Waals surface area contributed by atoms with E-state index < -0.39 is 0 Å². The SMILES string of the molecule is CCN(c1ccc(F)cc1)c1ncc(C#N)cc1N. The van der Waals surface area contributed by atoms with Crippen molar-refractivity contribution in [2.75, 3.05) is 17.2 Å². The fourth-order valence-corrected chi connectivity index (χ4v) is 1.84. The van der Waals surface area contributed by atoms with E-state index in [1.54, 1.807) is 18.2 Å². The van der Waals surface area contributed by atoms with E-state index in [4.69, 9.17) is 11.0 Å². The summed E-state index contributed by atoms with van der Waals surface area (Å²) in [5.41, 5.74) is 7.55. The number of anilines is 3. The highest BCUT2D eigenvalue weighted by Gasteiger charge is 2.12. The van der Waals surface area contributed by atoms with Gasteiger partial charge in [-0.2, -0.15) is 5.26 Å². The van der Waals surface area contributed by atoms with Crippen LogP contribution in [0.15, 0.2) is 36.5 Å². The average molecular weight is 256 g/mol. The molecule has 96 valence electrons. The highest BCUT2D eigenvalue weighted by molar-refractivity contribution is 5.72. The molecule has 19 heavy (non-hydrogen) atoms. The van der Waals surface area contributed by atoms with E-state index in [1.807, 2.05) is 17.9 Å². The Labute approximate surface area is 110 Å². The van der Waals surface area contributed by atoms with Gasteiger partial charge >= 0.3 is 0 Å². The number of benzene rings is 1. The van der Waals surface area contributed by atoms with Gasteiger partial charge in [0.15, 0.2) is 5.82 Å². The maximum atomic E-state index is 12.9. The molecule has 0 spiro atoms. The van der Waals surface area contributed by atoms with Crippen LogP contribution >= 0.6 is 0 Å². The number of rotatable bonds is 3. The second-order valence-corrected chi connectivity index (χ2v) is 3.97. The van der Waals surface area contributed by atoms with Crippen molar-refractivity contribution in [1.82, 2.24) is 4.98 Å². The van der Waals surface area contributed by atoms with Gasteiger partial charge in [0.05, 0.1) is 11.3 Å². The van der Waals surface area contributed by atoms with Gasteiger partial charge in [0, 0.05) is 18.4 Å². The Morgan fingerprint density at radius 2 is 2.05 bits per heavy atom. The molecule has 5 heteroatoms. The number of halogens is 1. The Morgan fingerprint density at radius 1 is 1.37 bits per heavy atom. The van der Waals surface area contributed by atoms with Crippen molar-refractivity contribution in [1.29, 1.82) is 5.26 Å². The van der Waals surface area contributed by atoms with E-state index >= 15 is 0 Å². The van der Waals surface area contributed by atoms with Gasteiger partial charge in [-0.25, -0.2) is 9.37 Å². The van der Waals surface area contributed by atoms with E-state index in [-0.39, 0.29) is 5.82 Å². The third-order valence-electron chi connectivity index (χ3n) is 2.73. The van der Waals surface area contributed by atoms with Gasteiger partial charge in [-0.05, 0) is 37.3 Å². The molecule has 4 nitrogen and oxygen atoms in total. The maximum Gasteiger partial charge on any atom is 0.156 e. The minimum Gasteiger partial charge on any atom is -0.396 e. The monoisotopic (exact) mass is 256 g/mol. The highest BCUT2D eigenvalue weighted by Crippen LogP contribution is 2.28. The number of pyridine rings is 1. The van der Waals surface area contributed by atoms with Crippen LogP contribution in [0.2, 0.25) is 0 Å². The number of hydrogen-bond acceptors (Lipinski definition) is 4. The van der Waals surface area contributed by atoms with Gasteiger partial charge in [0.25, 0.3) is 0 Å². The number of nitrogens with zero attached hydrogens (tertiary/aromatic N) is 3. The number of aromatic nitrogens is 1. The predicted octanol–water partition coefficient (Wildman–Crippen LogP) is 2.83. The first-order valence-corrected chi connectivity index (χ1v) is 5.84. The molecular formula is C14H13FN4. The molecule has 2 N–H and O–H groups in total. The number of hydrogen-bond donors (Lipinski definition) is 1. The lowest BCUT2D eigenvalue weighted by Crippen LogP contribution is -2.19. The molecule has 0 unspecified atom stereocenters. The van der Waals surface area contributed by atoms with Crippen LogP contribution in [0.3, 0.4) is 0 Å². The Balaban J connectivity index is 2.42. The van der Waals surface area contributed by atoms with Crippen LogP contribution in [0.4, 0.5) is 21.6 Å². The molecule has 0 bridgehead atoms. The zero-order valence-electron chi connectivity index (χ0n) is 10.5. The molecule has 0 aliphatic rings. The summed E-state index contributed by atoms with van der Waals surface area (Å²) in [6.07, 6.45) is 1.47. The van der Waals surface area contributed by atoms with Crippen LogP contribution in [0, 0.1) is 17.1 Å². The average Bonchev–Trinajstić information content (AvgIpc) is 2.43. The summed E-state index contributed by atoms with van der Waals surface area (Å²) >= 11 is 0. The number of nitriles is 1. The minimum atomic E-state index is -0.291. The summed E-state index contributed by atoms with van der Waals surface area (Å²) in [5, 5.41) is 8.80. The molecule has 1 aromatic carbocycles. The lowest BCUT2D eigenvalue weighted by Gasteiger charge is -2.23. The largest absolute Gasteiger partial charge is 0.396 e. The molecule has 0 saturated heterocycles. The van der Waals surface area contributed by atoms with E-state index in [9.17, 15) is 4.39 Å². The summed E-state index contributed by atoms with van der Waals surface area (Å²) in [7, 11) is 0. The Bertz CT molecular complexity index is 616. The summed E-state index contributed by atoms with van der Waals surface area (Å²) in [4.78, 5) is 6.06. The molecule has 1 aromatic heterocycles. The van der Waals surface area contributed by atoms with Crippen LogP contribution in [0.25, 0.3) is 0 Å². The molecular weight excluding hydrogens is 243 g/mol. The van der Waals surface area contributed by atoms with Crippen LogP contribution in [-0.4, -0.2) is 11.5 Å². The summed E-state index contributed by atoms with van der Waals surface area (Å²) in [6, 6.07) is 9.67. The lowest BCUT2D eigenvalue weighted by molar-refractivity contribution is 0.628. The van der Waals surface area contributed by atoms with Crippen molar-refractivity contribution in [3.8, 4) is 6.07 Å². The van der Waals surface area contributed by atoms with Crippen LogP contribution in [0.5, 0.6) is 0 Å². The van der Waals surface area contributed by atoms with Gasteiger partial charge in [0.2, 0.25) is 0 Å². The molecule has 0 radical (unpaired) electrons.